The maximum Gasteiger partial charge on any atom is 0.393 e. The van der Waals surface area contributed by atoms with E-state index in [1.807, 2.05) is 0 Å². The zero-order valence-corrected chi connectivity index (χ0v) is 14.1. The normalized spacial score (nSPS) is 22.2. The summed E-state index contributed by atoms with van der Waals surface area (Å²) in [6, 6.07) is 4.88. The summed E-state index contributed by atoms with van der Waals surface area (Å²) in [5.41, 5.74) is 0.809. The van der Waals surface area contributed by atoms with Gasteiger partial charge in [0.15, 0.2) is 0 Å². The number of carbonyl (C=O) groups is 2. The Bertz CT molecular complexity index is 648. The zero-order chi connectivity index (χ0) is 19.5. The number of hydrogen-bond acceptors (Lipinski definition) is 3. The Labute approximate surface area is 148 Å². The predicted octanol–water partition coefficient (Wildman–Crippen LogP) is 2.07. The van der Waals surface area contributed by atoms with E-state index in [4.69, 9.17) is 5.11 Å². The standard InChI is InChI=1S/C17H20F4N2O3/c1-10(15(24)22-7-6-11-2-4-12(18)5-3-11)23-8-13(16(25)26)14(9-23)17(19,20)21/h2-5,10,13-14H,6-9H2,1H3,(H,22,24)(H,25,26)/t10?,13-,14-/m1/s1. The Morgan fingerprint density at radius 1 is 1.27 bits per heavy atom. The second-order valence-corrected chi connectivity index (χ2v) is 6.39. The molecule has 0 radical (unpaired) electrons. The number of carbonyl (C=O) groups excluding carboxylic acids is 1. The molecule has 1 fully saturated rings. The molecule has 26 heavy (non-hydrogen) atoms. The number of rotatable bonds is 6. The zero-order valence-electron chi connectivity index (χ0n) is 14.1. The fraction of sp³-hybridized carbons (Fsp3) is 0.529. The fourth-order valence-electron chi connectivity index (χ4n) is 3.03. The number of aliphatic carboxylic acids is 1. The van der Waals surface area contributed by atoms with Crippen LogP contribution in [0.4, 0.5) is 17.6 Å². The van der Waals surface area contributed by atoms with Crippen molar-refractivity contribution in [3.8, 4) is 0 Å². The number of benzene rings is 1. The van der Waals surface area contributed by atoms with E-state index in [2.05, 4.69) is 5.32 Å². The fourth-order valence-corrected chi connectivity index (χ4v) is 3.03. The Morgan fingerprint density at radius 3 is 2.38 bits per heavy atom. The van der Waals surface area contributed by atoms with Crippen LogP contribution in [0.3, 0.4) is 0 Å². The van der Waals surface area contributed by atoms with Gasteiger partial charge in [0.05, 0.1) is 17.9 Å². The lowest BCUT2D eigenvalue weighted by molar-refractivity contribution is -0.188. The highest BCUT2D eigenvalue weighted by Crippen LogP contribution is 2.38. The molecule has 0 spiro atoms. The van der Waals surface area contributed by atoms with Crippen molar-refractivity contribution in [2.45, 2.75) is 25.6 Å². The van der Waals surface area contributed by atoms with Crippen molar-refractivity contribution in [1.82, 2.24) is 10.2 Å². The molecule has 1 aliphatic rings. The Hall–Kier alpha value is -2.16. The number of nitrogens with zero attached hydrogens (tertiary/aromatic N) is 1. The molecule has 2 N–H and O–H groups in total. The highest BCUT2D eigenvalue weighted by Gasteiger charge is 2.53. The average Bonchev–Trinajstić information content (AvgIpc) is 3.01. The van der Waals surface area contributed by atoms with E-state index in [1.54, 1.807) is 12.1 Å². The van der Waals surface area contributed by atoms with E-state index in [-0.39, 0.29) is 18.9 Å². The summed E-state index contributed by atoms with van der Waals surface area (Å²) in [6.45, 7) is 0.845. The Morgan fingerprint density at radius 2 is 1.88 bits per heavy atom. The molecular weight excluding hydrogens is 356 g/mol. The van der Waals surface area contributed by atoms with Gasteiger partial charge in [0.2, 0.25) is 5.91 Å². The van der Waals surface area contributed by atoms with E-state index >= 15 is 0 Å². The summed E-state index contributed by atoms with van der Waals surface area (Å²) < 4.78 is 51.9. The number of alkyl halides is 3. The number of halogens is 4. The molecule has 144 valence electrons. The molecule has 0 saturated carbocycles. The second-order valence-electron chi connectivity index (χ2n) is 6.39. The van der Waals surface area contributed by atoms with Crippen LogP contribution in [0.5, 0.6) is 0 Å². The molecule has 1 saturated heterocycles. The van der Waals surface area contributed by atoms with Gasteiger partial charge in [0.1, 0.15) is 5.82 Å². The van der Waals surface area contributed by atoms with Crippen LogP contribution >= 0.6 is 0 Å². The maximum atomic E-state index is 13.0. The van der Waals surface area contributed by atoms with Crippen molar-refractivity contribution >= 4 is 11.9 Å². The monoisotopic (exact) mass is 376 g/mol. The number of carboxylic acid groups (broad SMARTS) is 1. The number of hydrogen-bond donors (Lipinski definition) is 2. The van der Waals surface area contributed by atoms with E-state index < -0.39 is 42.5 Å². The molecule has 1 aromatic rings. The van der Waals surface area contributed by atoms with Crippen molar-refractivity contribution in [1.29, 1.82) is 0 Å². The molecule has 0 aliphatic carbocycles. The third-order valence-corrected chi connectivity index (χ3v) is 4.64. The second kappa shape index (κ2) is 8.03. The van der Waals surface area contributed by atoms with Crippen LogP contribution in [0.15, 0.2) is 24.3 Å². The van der Waals surface area contributed by atoms with Crippen molar-refractivity contribution < 1.29 is 32.3 Å². The van der Waals surface area contributed by atoms with Gasteiger partial charge in [-0.25, -0.2) is 4.39 Å². The van der Waals surface area contributed by atoms with Gasteiger partial charge in [-0.3, -0.25) is 14.5 Å². The molecule has 1 aromatic carbocycles. The molecule has 0 aromatic heterocycles. The molecule has 0 bridgehead atoms. The minimum absolute atomic E-state index is 0.244. The van der Waals surface area contributed by atoms with E-state index in [0.29, 0.717) is 6.42 Å². The molecule has 1 heterocycles. The van der Waals surface area contributed by atoms with E-state index in [1.165, 1.54) is 24.0 Å². The minimum Gasteiger partial charge on any atom is -0.481 e. The smallest absolute Gasteiger partial charge is 0.393 e. The molecule has 1 amide bonds. The maximum absolute atomic E-state index is 13.0. The van der Waals surface area contributed by atoms with Crippen LogP contribution in [0.1, 0.15) is 12.5 Å². The van der Waals surface area contributed by atoms with Gasteiger partial charge in [-0.1, -0.05) is 12.1 Å². The van der Waals surface area contributed by atoms with Crippen molar-refractivity contribution in [2.75, 3.05) is 19.6 Å². The molecule has 5 nitrogen and oxygen atoms in total. The van der Waals surface area contributed by atoms with Gasteiger partial charge in [-0.15, -0.1) is 0 Å². The first-order chi connectivity index (χ1) is 12.1. The predicted molar refractivity (Wildman–Crippen MR) is 84.8 cm³/mol. The summed E-state index contributed by atoms with van der Waals surface area (Å²) in [5.74, 6) is -5.93. The number of nitrogens with one attached hydrogen (secondary N) is 1. The third kappa shape index (κ3) is 4.94. The van der Waals surface area contributed by atoms with Crippen LogP contribution in [0.2, 0.25) is 0 Å². The van der Waals surface area contributed by atoms with Crippen LogP contribution in [-0.2, 0) is 16.0 Å². The summed E-state index contributed by atoms with van der Waals surface area (Å²) in [5, 5.41) is 11.6. The summed E-state index contributed by atoms with van der Waals surface area (Å²) in [4.78, 5) is 24.5. The van der Waals surface area contributed by atoms with Gasteiger partial charge in [0, 0.05) is 19.6 Å². The third-order valence-electron chi connectivity index (χ3n) is 4.64. The van der Waals surface area contributed by atoms with Crippen molar-refractivity contribution in [3.63, 3.8) is 0 Å². The quantitative estimate of drug-likeness (QED) is 0.746. The van der Waals surface area contributed by atoms with Gasteiger partial charge >= 0.3 is 12.1 Å². The van der Waals surface area contributed by atoms with Crippen LogP contribution < -0.4 is 5.32 Å². The highest BCUT2D eigenvalue weighted by atomic mass is 19.4. The minimum atomic E-state index is -4.63. The molecule has 1 aliphatic heterocycles. The van der Waals surface area contributed by atoms with E-state index in [9.17, 15) is 27.2 Å². The molecular formula is C17H20F4N2O3. The van der Waals surface area contributed by atoms with Gasteiger partial charge in [-0.05, 0) is 31.0 Å². The van der Waals surface area contributed by atoms with E-state index in [0.717, 1.165) is 5.56 Å². The summed E-state index contributed by atoms with van der Waals surface area (Å²) in [7, 11) is 0. The number of likely N-dealkylation sites (tertiary alicyclic amines) is 1. The van der Waals surface area contributed by atoms with Gasteiger partial charge in [-0.2, -0.15) is 13.2 Å². The highest BCUT2D eigenvalue weighted by molar-refractivity contribution is 5.81. The lowest BCUT2D eigenvalue weighted by Gasteiger charge is -2.23. The largest absolute Gasteiger partial charge is 0.481 e. The summed E-state index contributed by atoms with van der Waals surface area (Å²) >= 11 is 0. The van der Waals surface area contributed by atoms with Crippen LogP contribution in [-0.4, -0.2) is 53.7 Å². The summed E-state index contributed by atoms with van der Waals surface area (Å²) in [6.07, 6.45) is -4.18. The number of amides is 1. The molecule has 9 heteroatoms. The lowest BCUT2D eigenvalue weighted by atomic mass is 9.96. The Kier molecular flexibility index (Phi) is 6.22. The van der Waals surface area contributed by atoms with Gasteiger partial charge in [0.25, 0.3) is 0 Å². The van der Waals surface area contributed by atoms with Crippen molar-refractivity contribution in [3.05, 3.63) is 35.6 Å². The number of carboxylic acids is 1. The van der Waals surface area contributed by atoms with Crippen LogP contribution in [0.25, 0.3) is 0 Å². The first kappa shape index (κ1) is 20.2. The van der Waals surface area contributed by atoms with Gasteiger partial charge < -0.3 is 10.4 Å². The topological polar surface area (TPSA) is 69.6 Å². The molecule has 1 unspecified atom stereocenters. The van der Waals surface area contributed by atoms with Crippen LogP contribution in [0, 0.1) is 17.7 Å². The SMILES string of the molecule is CC(C(=O)NCCc1ccc(F)cc1)N1C[C@@H](C(F)(F)F)[C@H](C(=O)O)C1. The average molecular weight is 376 g/mol. The van der Waals surface area contributed by atoms with Crippen molar-refractivity contribution in [2.24, 2.45) is 11.8 Å². The molecule has 3 atom stereocenters. The lowest BCUT2D eigenvalue weighted by Crippen LogP contribution is -2.45. The molecule has 2 rings (SSSR count). The first-order valence-electron chi connectivity index (χ1n) is 8.15. The Balaban J connectivity index is 1.89. The first-order valence-corrected chi connectivity index (χ1v) is 8.15.